The van der Waals surface area contributed by atoms with Crippen molar-refractivity contribution < 1.29 is 0 Å². The summed E-state index contributed by atoms with van der Waals surface area (Å²) in [6.45, 7) is 0. The Morgan fingerprint density at radius 3 is 1.34 bits per heavy atom. The molecule has 0 aromatic heterocycles. The van der Waals surface area contributed by atoms with Crippen LogP contribution in [0.2, 0.25) is 0 Å². The van der Waals surface area contributed by atoms with Gasteiger partial charge in [-0.15, -0.1) is 0 Å². The molecule has 0 saturated carbocycles. The standard InChI is InChI=1S/2C14H12.B/c1-3-7-13-11(5-1)9-10-12-6-2-4-8-14(12)13;1-3-7-13(8-4-1)11-12-14-9-5-2-6-10-14;/h1-10,13-14H;1-12H;/b;12-11-;/t13-,14-;;/m1../s1. The fourth-order valence-electron chi connectivity index (χ4n) is 3.65. The Bertz CT molecular complexity index is 915. The van der Waals surface area contributed by atoms with Crippen molar-refractivity contribution in [2.45, 2.75) is 0 Å². The van der Waals surface area contributed by atoms with E-state index in [4.69, 9.17) is 0 Å². The van der Waals surface area contributed by atoms with Crippen LogP contribution in [-0.4, -0.2) is 8.41 Å². The minimum absolute atomic E-state index is 0. The highest BCUT2D eigenvalue weighted by atomic mass is 14.3. The van der Waals surface area contributed by atoms with Crippen molar-refractivity contribution in [3.8, 4) is 0 Å². The van der Waals surface area contributed by atoms with Crippen LogP contribution in [0.15, 0.2) is 133 Å². The molecule has 0 bridgehead atoms. The van der Waals surface area contributed by atoms with Crippen LogP contribution in [0.1, 0.15) is 11.1 Å². The second-order valence-corrected chi connectivity index (χ2v) is 7.03. The maximum absolute atomic E-state index is 2.30. The highest BCUT2D eigenvalue weighted by Gasteiger charge is 2.26. The van der Waals surface area contributed by atoms with Crippen molar-refractivity contribution in [1.29, 1.82) is 0 Å². The molecule has 0 nitrogen and oxygen atoms in total. The lowest BCUT2D eigenvalue weighted by atomic mass is 9.74. The molecule has 3 radical (unpaired) electrons. The van der Waals surface area contributed by atoms with Crippen LogP contribution < -0.4 is 0 Å². The molecule has 0 fully saturated rings. The lowest BCUT2D eigenvalue weighted by Crippen LogP contribution is -2.19. The predicted octanol–water partition coefficient (Wildman–Crippen LogP) is 6.81. The molecular weight excluding hydrogens is 347 g/mol. The molecule has 2 aromatic rings. The van der Waals surface area contributed by atoms with Gasteiger partial charge in [-0.05, 0) is 22.3 Å². The lowest BCUT2D eigenvalue weighted by molar-refractivity contribution is 0.615. The zero-order chi connectivity index (χ0) is 19.0. The number of fused-ring (bicyclic) bond motifs is 3. The smallest absolute Gasteiger partial charge is 0.0125 e. The van der Waals surface area contributed by atoms with Gasteiger partial charge in [-0.1, -0.05) is 134 Å². The summed E-state index contributed by atoms with van der Waals surface area (Å²) in [7, 11) is 0. The molecule has 0 aliphatic heterocycles. The van der Waals surface area contributed by atoms with Crippen LogP contribution in [0.4, 0.5) is 0 Å². The molecule has 0 amide bonds. The molecule has 0 heterocycles. The third kappa shape index (κ3) is 5.36. The van der Waals surface area contributed by atoms with E-state index in [0.29, 0.717) is 11.8 Å². The van der Waals surface area contributed by atoms with Gasteiger partial charge in [0.25, 0.3) is 0 Å². The van der Waals surface area contributed by atoms with Crippen molar-refractivity contribution in [2.24, 2.45) is 11.8 Å². The van der Waals surface area contributed by atoms with Crippen molar-refractivity contribution in [3.63, 3.8) is 0 Å². The van der Waals surface area contributed by atoms with E-state index in [-0.39, 0.29) is 8.41 Å². The van der Waals surface area contributed by atoms with Gasteiger partial charge >= 0.3 is 0 Å². The molecule has 1 heteroatoms. The maximum Gasteiger partial charge on any atom is 0.0125 e. The third-order valence-electron chi connectivity index (χ3n) is 5.13. The number of allylic oxidation sites excluding steroid dienone is 12. The fraction of sp³-hybridized carbons (Fsp3) is 0.0714. The molecule has 2 aromatic carbocycles. The molecule has 3 aliphatic rings. The first-order valence-corrected chi connectivity index (χ1v) is 9.80. The van der Waals surface area contributed by atoms with E-state index in [1.54, 1.807) is 0 Å². The summed E-state index contributed by atoms with van der Waals surface area (Å²) in [4.78, 5) is 0. The number of rotatable bonds is 2. The number of hydrogen-bond acceptors (Lipinski definition) is 0. The summed E-state index contributed by atoms with van der Waals surface area (Å²) in [5, 5.41) is 0. The van der Waals surface area contributed by atoms with E-state index in [2.05, 4.69) is 97.2 Å². The molecule has 0 unspecified atom stereocenters. The Balaban J connectivity index is 0.000000160. The van der Waals surface area contributed by atoms with Crippen molar-refractivity contribution in [1.82, 2.24) is 0 Å². The minimum atomic E-state index is 0. The Labute approximate surface area is 176 Å². The Morgan fingerprint density at radius 2 is 0.931 bits per heavy atom. The van der Waals surface area contributed by atoms with Crippen molar-refractivity contribution >= 4 is 20.6 Å². The SMILES string of the molecule is C(=C/c1ccccc1)/c1ccccc1.C1=CC2=CC=C3C=CC=C[C@H]3[C@@H]2C=C1.[B]. The number of hydrogen-bond donors (Lipinski definition) is 0. The summed E-state index contributed by atoms with van der Waals surface area (Å²) < 4.78 is 0. The number of benzene rings is 2. The van der Waals surface area contributed by atoms with E-state index < -0.39 is 0 Å². The second kappa shape index (κ2) is 10.3. The molecule has 29 heavy (non-hydrogen) atoms. The van der Waals surface area contributed by atoms with Crippen LogP contribution in [0.5, 0.6) is 0 Å². The van der Waals surface area contributed by atoms with Gasteiger partial charge in [0.1, 0.15) is 0 Å². The molecule has 139 valence electrons. The van der Waals surface area contributed by atoms with Gasteiger partial charge < -0.3 is 0 Å². The molecule has 0 spiro atoms. The Hall–Kier alpha value is -3.32. The lowest BCUT2D eigenvalue weighted by Gasteiger charge is -2.30. The predicted molar refractivity (Wildman–Crippen MR) is 127 cm³/mol. The Kier molecular flexibility index (Phi) is 7.25. The van der Waals surface area contributed by atoms with E-state index in [0.717, 1.165) is 0 Å². The summed E-state index contributed by atoms with van der Waals surface area (Å²) in [6.07, 6.45) is 26.3. The largest absolute Gasteiger partial charge is 0.0761 e. The van der Waals surface area contributed by atoms with Crippen molar-refractivity contribution in [2.75, 3.05) is 0 Å². The summed E-state index contributed by atoms with van der Waals surface area (Å²) in [5.41, 5.74) is 5.33. The molecule has 0 N–H and O–H groups in total. The van der Waals surface area contributed by atoms with Gasteiger partial charge in [0.15, 0.2) is 0 Å². The quantitative estimate of drug-likeness (QED) is 0.402. The topological polar surface area (TPSA) is 0 Å². The normalized spacial score (nSPS) is 20.6. The van der Waals surface area contributed by atoms with Crippen LogP contribution in [-0.2, 0) is 0 Å². The van der Waals surface area contributed by atoms with E-state index in [1.165, 1.54) is 22.3 Å². The zero-order valence-electron chi connectivity index (χ0n) is 16.4. The molecule has 3 aliphatic carbocycles. The first kappa shape index (κ1) is 20.4. The Morgan fingerprint density at radius 1 is 0.517 bits per heavy atom. The van der Waals surface area contributed by atoms with E-state index in [1.807, 2.05) is 36.4 Å². The third-order valence-corrected chi connectivity index (χ3v) is 5.13. The summed E-state index contributed by atoms with van der Waals surface area (Å²) >= 11 is 0. The van der Waals surface area contributed by atoms with Crippen LogP contribution in [0, 0.1) is 11.8 Å². The van der Waals surface area contributed by atoms with Gasteiger partial charge in [-0.2, -0.15) is 0 Å². The summed E-state index contributed by atoms with van der Waals surface area (Å²) in [5.74, 6) is 1.11. The average molecular weight is 371 g/mol. The minimum Gasteiger partial charge on any atom is -0.0761 e. The summed E-state index contributed by atoms with van der Waals surface area (Å²) in [6, 6.07) is 20.6. The van der Waals surface area contributed by atoms with Gasteiger partial charge in [0.2, 0.25) is 0 Å². The van der Waals surface area contributed by atoms with Gasteiger partial charge in [0, 0.05) is 20.2 Å². The van der Waals surface area contributed by atoms with Crippen molar-refractivity contribution in [3.05, 3.63) is 144 Å². The van der Waals surface area contributed by atoms with Crippen LogP contribution >= 0.6 is 0 Å². The van der Waals surface area contributed by atoms with Gasteiger partial charge in [-0.3, -0.25) is 0 Å². The van der Waals surface area contributed by atoms with Gasteiger partial charge in [0.05, 0.1) is 0 Å². The average Bonchev–Trinajstić information content (AvgIpc) is 2.79. The van der Waals surface area contributed by atoms with Crippen LogP contribution in [0.3, 0.4) is 0 Å². The highest BCUT2D eigenvalue weighted by Crippen LogP contribution is 2.37. The first-order valence-electron chi connectivity index (χ1n) is 9.80. The maximum atomic E-state index is 2.30. The van der Waals surface area contributed by atoms with Crippen LogP contribution in [0.25, 0.3) is 12.2 Å². The highest BCUT2D eigenvalue weighted by molar-refractivity contribution is 5.75. The monoisotopic (exact) mass is 371 g/mol. The van der Waals surface area contributed by atoms with Gasteiger partial charge in [-0.25, -0.2) is 0 Å². The second-order valence-electron chi connectivity index (χ2n) is 7.03. The molecule has 0 saturated heterocycles. The first-order chi connectivity index (χ1) is 13.9. The molecule has 2 atom stereocenters. The van der Waals surface area contributed by atoms with E-state index in [9.17, 15) is 0 Å². The molecular formula is C28H24B. The fourth-order valence-corrected chi connectivity index (χ4v) is 3.65. The van der Waals surface area contributed by atoms with E-state index >= 15 is 0 Å². The molecule has 5 rings (SSSR count). The zero-order valence-corrected chi connectivity index (χ0v) is 16.4.